The summed E-state index contributed by atoms with van der Waals surface area (Å²) in [4.78, 5) is 4.36. The number of nitrogens with one attached hydrogen (secondary N) is 1. The Morgan fingerprint density at radius 1 is 1.28 bits per heavy atom. The summed E-state index contributed by atoms with van der Waals surface area (Å²) >= 11 is 0. The van der Waals surface area contributed by atoms with Crippen LogP contribution >= 0.6 is 0 Å². The minimum Gasteiger partial charge on any atom is -0.445 e. The maximum Gasteiger partial charge on any atom is 0.194 e. The first kappa shape index (κ1) is 15.2. The number of hydrogen-bond donors (Lipinski definition) is 1. The van der Waals surface area contributed by atoms with Crippen LogP contribution in [0.4, 0.5) is 0 Å². The number of aryl methyl sites for hydroxylation is 1. The van der Waals surface area contributed by atoms with E-state index in [1.54, 1.807) is 0 Å². The highest BCUT2D eigenvalue weighted by Gasteiger charge is 2.15. The van der Waals surface area contributed by atoms with Crippen LogP contribution in [0.5, 0.6) is 0 Å². The average molecular weight is 252 g/mol. The van der Waals surface area contributed by atoms with Gasteiger partial charge in [-0.3, -0.25) is 0 Å². The second kappa shape index (κ2) is 6.37. The zero-order valence-electron chi connectivity index (χ0n) is 12.7. The molecule has 0 aliphatic rings. The van der Waals surface area contributed by atoms with Gasteiger partial charge in [-0.05, 0) is 39.7 Å². The minimum absolute atomic E-state index is 0.188. The van der Waals surface area contributed by atoms with Crippen LogP contribution in [0.15, 0.2) is 10.6 Å². The molecule has 3 nitrogen and oxygen atoms in total. The third-order valence-electron chi connectivity index (χ3n) is 3.24. The smallest absolute Gasteiger partial charge is 0.194 e. The molecule has 0 aliphatic heterocycles. The van der Waals surface area contributed by atoms with Crippen LogP contribution in [0, 0.1) is 5.92 Å². The highest BCUT2D eigenvalue weighted by Crippen LogP contribution is 2.24. The van der Waals surface area contributed by atoms with Gasteiger partial charge in [-0.25, -0.2) is 4.98 Å². The van der Waals surface area contributed by atoms with E-state index in [1.165, 1.54) is 0 Å². The third-order valence-corrected chi connectivity index (χ3v) is 3.24. The van der Waals surface area contributed by atoms with Crippen molar-refractivity contribution in [3.8, 4) is 0 Å². The lowest BCUT2D eigenvalue weighted by atomic mass is 9.96. The summed E-state index contributed by atoms with van der Waals surface area (Å²) in [6, 6.07) is 0. The Morgan fingerprint density at radius 3 is 2.50 bits per heavy atom. The lowest BCUT2D eigenvalue weighted by Crippen LogP contribution is -2.36. The second-order valence-corrected chi connectivity index (χ2v) is 6.47. The minimum atomic E-state index is 0.188. The van der Waals surface area contributed by atoms with Gasteiger partial charge in [0.2, 0.25) is 0 Å². The Balaban J connectivity index is 2.36. The highest BCUT2D eigenvalue weighted by molar-refractivity contribution is 5.01. The van der Waals surface area contributed by atoms with E-state index < -0.39 is 0 Å². The molecule has 0 saturated heterocycles. The van der Waals surface area contributed by atoms with Crippen LogP contribution in [0.3, 0.4) is 0 Å². The second-order valence-electron chi connectivity index (χ2n) is 6.47. The maximum atomic E-state index is 5.80. The van der Waals surface area contributed by atoms with Gasteiger partial charge in [-0.1, -0.05) is 20.8 Å². The zero-order valence-corrected chi connectivity index (χ0v) is 12.7. The molecule has 3 heteroatoms. The van der Waals surface area contributed by atoms with Gasteiger partial charge in [0.15, 0.2) is 5.89 Å². The van der Waals surface area contributed by atoms with E-state index in [2.05, 4.69) is 51.8 Å². The van der Waals surface area contributed by atoms with E-state index in [4.69, 9.17) is 4.42 Å². The molecule has 0 aliphatic carbocycles. The quantitative estimate of drug-likeness (QED) is 0.783. The fourth-order valence-corrected chi connectivity index (χ4v) is 1.68. The first-order valence-electron chi connectivity index (χ1n) is 6.99. The largest absolute Gasteiger partial charge is 0.445 e. The highest BCUT2D eigenvalue weighted by atomic mass is 16.4. The van der Waals surface area contributed by atoms with E-state index in [0.29, 0.717) is 11.8 Å². The summed E-state index contributed by atoms with van der Waals surface area (Å²) in [5.41, 5.74) is 0.188. The molecule has 1 heterocycles. The first-order valence-corrected chi connectivity index (χ1v) is 6.99. The SMILES string of the molecule is CC(C)C(C)c1cnc(CCCNC(C)(C)C)o1. The zero-order chi connectivity index (χ0) is 13.8. The van der Waals surface area contributed by atoms with Gasteiger partial charge in [0.1, 0.15) is 5.76 Å². The summed E-state index contributed by atoms with van der Waals surface area (Å²) in [5.74, 6) is 2.92. The Hall–Kier alpha value is -0.830. The van der Waals surface area contributed by atoms with Crippen LogP contribution in [0.25, 0.3) is 0 Å². The first-order chi connectivity index (χ1) is 8.29. The summed E-state index contributed by atoms with van der Waals surface area (Å²) < 4.78 is 5.80. The van der Waals surface area contributed by atoms with Crippen molar-refractivity contribution in [3.63, 3.8) is 0 Å². The maximum absolute atomic E-state index is 5.80. The summed E-state index contributed by atoms with van der Waals surface area (Å²) in [6.07, 6.45) is 3.86. The molecule has 1 rings (SSSR count). The van der Waals surface area contributed by atoms with Crippen molar-refractivity contribution in [1.82, 2.24) is 10.3 Å². The fraction of sp³-hybridized carbons (Fsp3) is 0.800. The van der Waals surface area contributed by atoms with Crippen molar-refractivity contribution in [2.45, 2.75) is 65.8 Å². The van der Waals surface area contributed by atoms with Crippen molar-refractivity contribution < 1.29 is 4.42 Å². The molecule has 1 unspecified atom stereocenters. The molecule has 0 saturated carbocycles. The number of aromatic nitrogens is 1. The Kier molecular flexibility index (Phi) is 5.39. The molecule has 0 spiro atoms. The molecule has 0 radical (unpaired) electrons. The van der Waals surface area contributed by atoms with Gasteiger partial charge in [0.05, 0.1) is 6.20 Å². The van der Waals surface area contributed by atoms with Crippen LogP contribution in [0.1, 0.15) is 65.5 Å². The van der Waals surface area contributed by atoms with E-state index in [0.717, 1.165) is 31.0 Å². The molecule has 104 valence electrons. The van der Waals surface area contributed by atoms with E-state index in [-0.39, 0.29) is 5.54 Å². The van der Waals surface area contributed by atoms with E-state index in [1.807, 2.05) is 6.20 Å². The van der Waals surface area contributed by atoms with Crippen molar-refractivity contribution in [2.75, 3.05) is 6.54 Å². The Morgan fingerprint density at radius 2 is 1.94 bits per heavy atom. The van der Waals surface area contributed by atoms with Gasteiger partial charge in [0, 0.05) is 17.9 Å². The Bertz CT molecular complexity index is 350. The molecule has 0 aromatic carbocycles. The molecule has 18 heavy (non-hydrogen) atoms. The summed E-state index contributed by atoms with van der Waals surface area (Å²) in [7, 11) is 0. The number of hydrogen-bond acceptors (Lipinski definition) is 3. The van der Waals surface area contributed by atoms with Gasteiger partial charge < -0.3 is 9.73 Å². The number of nitrogens with zero attached hydrogens (tertiary/aromatic N) is 1. The predicted molar refractivity (Wildman–Crippen MR) is 75.8 cm³/mol. The lowest BCUT2D eigenvalue weighted by molar-refractivity contribution is 0.379. The van der Waals surface area contributed by atoms with Crippen molar-refractivity contribution in [1.29, 1.82) is 0 Å². The standard InChI is InChI=1S/C15H28N2O/c1-11(2)12(3)13-10-16-14(18-13)8-7-9-17-15(4,5)6/h10-12,17H,7-9H2,1-6H3. The van der Waals surface area contributed by atoms with Crippen LogP contribution in [0.2, 0.25) is 0 Å². The Labute approximate surface area is 111 Å². The van der Waals surface area contributed by atoms with Crippen molar-refractivity contribution >= 4 is 0 Å². The topological polar surface area (TPSA) is 38.1 Å². The molecule has 0 bridgehead atoms. The normalized spacial score (nSPS) is 14.2. The fourth-order valence-electron chi connectivity index (χ4n) is 1.68. The molecule has 1 aromatic rings. The van der Waals surface area contributed by atoms with E-state index in [9.17, 15) is 0 Å². The molecule has 1 atom stereocenters. The van der Waals surface area contributed by atoms with E-state index >= 15 is 0 Å². The van der Waals surface area contributed by atoms with Gasteiger partial charge in [0.25, 0.3) is 0 Å². The van der Waals surface area contributed by atoms with Crippen LogP contribution in [-0.2, 0) is 6.42 Å². The molecule has 0 amide bonds. The van der Waals surface area contributed by atoms with Gasteiger partial charge >= 0.3 is 0 Å². The lowest BCUT2D eigenvalue weighted by Gasteiger charge is -2.20. The molecular weight excluding hydrogens is 224 g/mol. The molecular formula is C15H28N2O. The summed E-state index contributed by atoms with van der Waals surface area (Å²) in [6.45, 7) is 14.2. The van der Waals surface area contributed by atoms with Crippen molar-refractivity contribution in [3.05, 3.63) is 17.8 Å². The van der Waals surface area contributed by atoms with Gasteiger partial charge in [-0.15, -0.1) is 0 Å². The van der Waals surface area contributed by atoms with Crippen LogP contribution in [-0.4, -0.2) is 17.1 Å². The molecule has 1 aromatic heterocycles. The predicted octanol–water partition coefficient (Wildman–Crippen LogP) is 3.75. The number of rotatable bonds is 6. The monoisotopic (exact) mass is 252 g/mol. The van der Waals surface area contributed by atoms with Crippen molar-refractivity contribution in [2.24, 2.45) is 5.92 Å². The average Bonchev–Trinajstić information content (AvgIpc) is 2.70. The molecule has 1 N–H and O–H groups in total. The number of oxazole rings is 1. The van der Waals surface area contributed by atoms with Gasteiger partial charge in [-0.2, -0.15) is 0 Å². The van der Waals surface area contributed by atoms with Crippen LogP contribution < -0.4 is 5.32 Å². The third kappa shape index (κ3) is 5.21. The molecule has 0 fully saturated rings. The summed E-state index contributed by atoms with van der Waals surface area (Å²) in [5, 5.41) is 3.47.